The highest BCUT2D eigenvalue weighted by Gasteiger charge is 2.19. The third-order valence-electron chi connectivity index (χ3n) is 3.47. The molecule has 0 fully saturated rings. The molecule has 0 saturated heterocycles. The summed E-state index contributed by atoms with van der Waals surface area (Å²) >= 11 is 0. The molecular weight excluding hydrogens is 361 g/mol. The van der Waals surface area contributed by atoms with Crippen LogP contribution in [0.15, 0.2) is 58.3 Å². The van der Waals surface area contributed by atoms with Crippen molar-refractivity contribution < 1.29 is 22.0 Å². The Kier molecular flexibility index (Phi) is 5.29. The van der Waals surface area contributed by atoms with Gasteiger partial charge in [0.05, 0.1) is 30.0 Å². The van der Waals surface area contributed by atoms with Crippen LogP contribution in [-0.4, -0.2) is 25.0 Å². The number of furan rings is 1. The highest BCUT2D eigenvalue weighted by Crippen LogP contribution is 2.22. The molecule has 7 nitrogen and oxygen atoms in total. The van der Waals surface area contributed by atoms with Gasteiger partial charge in [-0.25, -0.2) is 22.5 Å². The van der Waals surface area contributed by atoms with Crippen molar-refractivity contribution in [3.8, 4) is 17.2 Å². The van der Waals surface area contributed by atoms with Crippen molar-refractivity contribution in [2.24, 2.45) is 0 Å². The van der Waals surface area contributed by atoms with E-state index in [1.807, 2.05) is 0 Å². The maximum absolute atomic E-state index is 13.9. The number of aromatic nitrogens is 2. The number of hydrogen-bond acceptors (Lipinski definition) is 6. The molecule has 0 spiro atoms. The standard InChI is InChI=1S/C17H16FN3O4S/c1-2-24-15-6-5-12(10-13(15)18)26(22,23)21-11-14-17(20-8-7-19-14)16-4-3-9-25-16/h3-10,21H,2,11H2,1H3. The molecule has 0 aliphatic heterocycles. The van der Waals surface area contributed by atoms with Crippen LogP contribution in [0.2, 0.25) is 0 Å². The number of benzene rings is 1. The van der Waals surface area contributed by atoms with Crippen molar-refractivity contribution in [3.63, 3.8) is 0 Å². The number of halogens is 1. The van der Waals surface area contributed by atoms with Crippen LogP contribution in [0.4, 0.5) is 4.39 Å². The molecule has 0 atom stereocenters. The van der Waals surface area contributed by atoms with Crippen LogP contribution >= 0.6 is 0 Å². The fourth-order valence-electron chi connectivity index (χ4n) is 2.28. The number of hydrogen-bond donors (Lipinski definition) is 1. The molecule has 0 saturated carbocycles. The summed E-state index contributed by atoms with van der Waals surface area (Å²) in [5, 5.41) is 0. The molecule has 1 N–H and O–H groups in total. The first-order valence-electron chi connectivity index (χ1n) is 7.77. The second-order valence-electron chi connectivity index (χ2n) is 5.18. The molecule has 2 aromatic heterocycles. The largest absolute Gasteiger partial charge is 0.491 e. The van der Waals surface area contributed by atoms with Gasteiger partial charge in [-0.05, 0) is 37.3 Å². The summed E-state index contributed by atoms with van der Waals surface area (Å²) < 4.78 is 51.5. The van der Waals surface area contributed by atoms with Crippen LogP contribution < -0.4 is 9.46 Å². The van der Waals surface area contributed by atoms with Gasteiger partial charge in [0, 0.05) is 12.4 Å². The van der Waals surface area contributed by atoms with Crippen molar-refractivity contribution in [3.05, 3.63) is 60.5 Å². The molecule has 0 aliphatic carbocycles. The van der Waals surface area contributed by atoms with E-state index in [0.29, 0.717) is 17.1 Å². The molecule has 0 aliphatic rings. The van der Waals surface area contributed by atoms with E-state index in [-0.39, 0.29) is 23.8 Å². The number of sulfonamides is 1. The smallest absolute Gasteiger partial charge is 0.241 e. The Labute approximate surface area is 149 Å². The Morgan fingerprint density at radius 3 is 2.73 bits per heavy atom. The Balaban J connectivity index is 1.81. The van der Waals surface area contributed by atoms with E-state index in [1.165, 1.54) is 30.8 Å². The van der Waals surface area contributed by atoms with Gasteiger partial charge >= 0.3 is 0 Å². The summed E-state index contributed by atoms with van der Waals surface area (Å²) in [6.07, 6.45) is 4.42. The third-order valence-corrected chi connectivity index (χ3v) is 4.87. The van der Waals surface area contributed by atoms with Crippen LogP contribution in [-0.2, 0) is 16.6 Å². The minimum absolute atomic E-state index is 0.000446. The molecule has 26 heavy (non-hydrogen) atoms. The molecule has 0 radical (unpaired) electrons. The molecule has 2 heterocycles. The van der Waals surface area contributed by atoms with Crippen molar-refractivity contribution in [2.45, 2.75) is 18.4 Å². The lowest BCUT2D eigenvalue weighted by molar-refractivity contribution is 0.321. The average molecular weight is 377 g/mol. The first-order valence-corrected chi connectivity index (χ1v) is 9.25. The zero-order valence-corrected chi connectivity index (χ0v) is 14.7. The molecular formula is C17H16FN3O4S. The van der Waals surface area contributed by atoms with E-state index >= 15 is 0 Å². The summed E-state index contributed by atoms with van der Waals surface area (Å²) in [7, 11) is -3.94. The molecule has 0 unspecified atom stereocenters. The topological polar surface area (TPSA) is 94.3 Å². The van der Waals surface area contributed by atoms with Gasteiger partial charge in [0.25, 0.3) is 0 Å². The zero-order chi connectivity index (χ0) is 18.6. The van der Waals surface area contributed by atoms with Gasteiger partial charge in [-0.2, -0.15) is 0 Å². The lowest BCUT2D eigenvalue weighted by atomic mass is 10.2. The minimum Gasteiger partial charge on any atom is -0.491 e. The summed E-state index contributed by atoms with van der Waals surface area (Å²) in [5.74, 6) is -0.273. The molecule has 136 valence electrons. The Hall–Kier alpha value is -2.78. The highest BCUT2D eigenvalue weighted by atomic mass is 32.2. The number of ether oxygens (including phenoxy) is 1. The summed E-state index contributed by atoms with van der Waals surface area (Å²) in [6.45, 7) is 1.87. The highest BCUT2D eigenvalue weighted by molar-refractivity contribution is 7.89. The van der Waals surface area contributed by atoms with Crippen molar-refractivity contribution in [2.75, 3.05) is 6.61 Å². The SMILES string of the molecule is CCOc1ccc(S(=O)(=O)NCc2nccnc2-c2ccco2)cc1F. The second kappa shape index (κ2) is 7.63. The van der Waals surface area contributed by atoms with Gasteiger partial charge in [0.15, 0.2) is 17.3 Å². The fourth-order valence-corrected chi connectivity index (χ4v) is 3.28. The summed E-state index contributed by atoms with van der Waals surface area (Å²) in [5.41, 5.74) is 0.815. The van der Waals surface area contributed by atoms with Gasteiger partial charge in [0.2, 0.25) is 10.0 Å². The van der Waals surface area contributed by atoms with Gasteiger partial charge in [0.1, 0.15) is 5.69 Å². The Morgan fingerprint density at radius 1 is 1.23 bits per heavy atom. The second-order valence-corrected chi connectivity index (χ2v) is 6.95. The molecule has 3 aromatic rings. The predicted octanol–water partition coefficient (Wildman–Crippen LogP) is 2.75. The van der Waals surface area contributed by atoms with E-state index < -0.39 is 15.8 Å². The summed E-state index contributed by atoms with van der Waals surface area (Å²) in [6, 6.07) is 6.87. The zero-order valence-electron chi connectivity index (χ0n) is 13.8. The van der Waals surface area contributed by atoms with Crippen molar-refractivity contribution >= 4 is 10.0 Å². The normalized spacial score (nSPS) is 11.5. The van der Waals surface area contributed by atoms with E-state index in [1.54, 1.807) is 19.1 Å². The molecule has 0 bridgehead atoms. The molecule has 9 heteroatoms. The van der Waals surface area contributed by atoms with E-state index in [2.05, 4.69) is 14.7 Å². The van der Waals surface area contributed by atoms with Crippen molar-refractivity contribution in [1.29, 1.82) is 0 Å². The third kappa shape index (κ3) is 3.89. The quantitative estimate of drug-likeness (QED) is 0.680. The number of nitrogens with zero attached hydrogens (tertiary/aromatic N) is 2. The Bertz CT molecular complexity index is 991. The van der Waals surface area contributed by atoms with Crippen LogP contribution in [0.25, 0.3) is 11.5 Å². The van der Waals surface area contributed by atoms with E-state index in [4.69, 9.17) is 9.15 Å². The number of nitrogens with one attached hydrogen (secondary N) is 1. The Morgan fingerprint density at radius 2 is 2.04 bits per heavy atom. The number of rotatable bonds is 7. The first kappa shape index (κ1) is 18.0. The average Bonchev–Trinajstić information content (AvgIpc) is 3.16. The molecule has 0 amide bonds. The van der Waals surface area contributed by atoms with Crippen molar-refractivity contribution in [1.82, 2.24) is 14.7 Å². The maximum atomic E-state index is 13.9. The summed E-state index contributed by atoms with van der Waals surface area (Å²) in [4.78, 5) is 8.11. The monoisotopic (exact) mass is 377 g/mol. The van der Waals surface area contributed by atoms with Crippen LogP contribution in [0.5, 0.6) is 5.75 Å². The van der Waals surface area contributed by atoms with Crippen LogP contribution in [0.1, 0.15) is 12.6 Å². The van der Waals surface area contributed by atoms with E-state index in [0.717, 1.165) is 6.07 Å². The van der Waals surface area contributed by atoms with Gasteiger partial charge in [-0.15, -0.1) is 0 Å². The molecule has 1 aromatic carbocycles. The van der Waals surface area contributed by atoms with Crippen LogP contribution in [0.3, 0.4) is 0 Å². The minimum atomic E-state index is -3.94. The first-order chi connectivity index (χ1) is 12.5. The van der Waals surface area contributed by atoms with E-state index in [9.17, 15) is 12.8 Å². The lowest BCUT2D eigenvalue weighted by Crippen LogP contribution is -2.24. The predicted molar refractivity (Wildman–Crippen MR) is 91.3 cm³/mol. The van der Waals surface area contributed by atoms with Crippen LogP contribution in [0, 0.1) is 5.82 Å². The lowest BCUT2D eigenvalue weighted by Gasteiger charge is -2.10. The maximum Gasteiger partial charge on any atom is 0.241 e. The van der Waals surface area contributed by atoms with Gasteiger partial charge in [-0.1, -0.05) is 0 Å². The van der Waals surface area contributed by atoms with Gasteiger partial charge in [-0.3, -0.25) is 4.98 Å². The van der Waals surface area contributed by atoms with Gasteiger partial charge < -0.3 is 9.15 Å². The molecule has 3 rings (SSSR count). The fraction of sp³-hybridized carbons (Fsp3) is 0.176.